The molecule has 0 aromatic carbocycles. The molecule has 19 heavy (non-hydrogen) atoms. The van der Waals surface area contributed by atoms with Crippen LogP contribution in [0.2, 0.25) is 0 Å². The van der Waals surface area contributed by atoms with Crippen LogP contribution in [-0.4, -0.2) is 18.5 Å². The molecule has 112 valence electrons. The van der Waals surface area contributed by atoms with Crippen LogP contribution >= 0.6 is 0 Å². The van der Waals surface area contributed by atoms with Crippen molar-refractivity contribution in [3.8, 4) is 0 Å². The quantitative estimate of drug-likeness (QED) is 0.711. The zero-order valence-electron chi connectivity index (χ0n) is 13.2. The average molecular weight is 268 g/mol. The Hall–Kier alpha value is -0.570. The van der Waals surface area contributed by atoms with Gasteiger partial charge in [0, 0.05) is 12.5 Å². The first-order valence-corrected chi connectivity index (χ1v) is 7.87. The summed E-state index contributed by atoms with van der Waals surface area (Å²) in [6, 6.07) is 0.468. The number of carbonyl (C=O) groups excluding carboxylic acids is 1. The largest absolute Gasteiger partial charge is 0.353 e. The third-order valence-corrected chi connectivity index (χ3v) is 4.39. The number of amides is 1. The van der Waals surface area contributed by atoms with Gasteiger partial charge in [0.15, 0.2) is 0 Å². The molecular weight excluding hydrogens is 236 g/mol. The van der Waals surface area contributed by atoms with Gasteiger partial charge in [-0.15, -0.1) is 0 Å². The Kier molecular flexibility index (Phi) is 6.31. The molecule has 0 heterocycles. The number of carbonyl (C=O) groups is 1. The van der Waals surface area contributed by atoms with Gasteiger partial charge in [0.05, 0.1) is 0 Å². The lowest BCUT2D eigenvalue weighted by Gasteiger charge is -2.30. The molecule has 3 unspecified atom stereocenters. The normalized spacial score (nSPS) is 24.1. The smallest absolute Gasteiger partial charge is 0.220 e. The highest BCUT2D eigenvalue weighted by Crippen LogP contribution is 2.35. The predicted molar refractivity (Wildman–Crippen MR) is 80.8 cm³/mol. The number of nitrogens with one attached hydrogen (secondary N) is 1. The summed E-state index contributed by atoms with van der Waals surface area (Å²) in [6.07, 6.45) is 6.28. The zero-order valence-corrected chi connectivity index (χ0v) is 13.2. The maximum atomic E-state index is 11.9. The molecule has 0 aromatic heterocycles. The number of nitrogens with two attached hydrogens (primary N) is 1. The molecule has 1 rings (SSSR count). The highest BCUT2D eigenvalue weighted by molar-refractivity contribution is 5.76. The minimum Gasteiger partial charge on any atom is -0.353 e. The van der Waals surface area contributed by atoms with Crippen molar-refractivity contribution in [2.45, 2.75) is 72.3 Å². The summed E-state index contributed by atoms with van der Waals surface area (Å²) in [7, 11) is 0. The van der Waals surface area contributed by atoms with E-state index in [4.69, 9.17) is 5.73 Å². The van der Waals surface area contributed by atoms with E-state index in [0.29, 0.717) is 24.9 Å². The van der Waals surface area contributed by atoms with Crippen molar-refractivity contribution in [1.82, 2.24) is 5.32 Å². The molecule has 0 bridgehead atoms. The molecule has 3 nitrogen and oxygen atoms in total. The van der Waals surface area contributed by atoms with Crippen LogP contribution in [0.1, 0.15) is 66.2 Å². The van der Waals surface area contributed by atoms with Crippen molar-refractivity contribution >= 4 is 5.91 Å². The number of rotatable bonds is 8. The van der Waals surface area contributed by atoms with E-state index >= 15 is 0 Å². The highest BCUT2D eigenvalue weighted by atomic mass is 16.1. The minimum absolute atomic E-state index is 0.231. The Morgan fingerprint density at radius 2 is 2.05 bits per heavy atom. The van der Waals surface area contributed by atoms with Crippen molar-refractivity contribution in [2.75, 3.05) is 6.54 Å². The Bertz CT molecular complexity index is 283. The topological polar surface area (TPSA) is 55.1 Å². The van der Waals surface area contributed by atoms with Crippen LogP contribution in [0.3, 0.4) is 0 Å². The molecule has 3 N–H and O–H groups in total. The fourth-order valence-electron chi connectivity index (χ4n) is 2.91. The molecule has 0 saturated heterocycles. The third-order valence-electron chi connectivity index (χ3n) is 4.39. The molecule has 1 amide bonds. The van der Waals surface area contributed by atoms with Crippen molar-refractivity contribution in [1.29, 1.82) is 0 Å². The molecule has 0 radical (unpaired) electrons. The van der Waals surface area contributed by atoms with E-state index in [1.807, 2.05) is 0 Å². The van der Waals surface area contributed by atoms with Crippen LogP contribution in [0.4, 0.5) is 0 Å². The molecule has 3 atom stereocenters. The van der Waals surface area contributed by atoms with E-state index in [1.54, 1.807) is 0 Å². The fourth-order valence-corrected chi connectivity index (χ4v) is 2.91. The zero-order chi connectivity index (χ0) is 14.5. The second-order valence-electron chi connectivity index (χ2n) is 7.14. The maximum Gasteiger partial charge on any atom is 0.220 e. The predicted octanol–water partition coefficient (Wildman–Crippen LogP) is 3.08. The van der Waals surface area contributed by atoms with Gasteiger partial charge in [0.25, 0.3) is 0 Å². The molecule has 1 saturated carbocycles. The monoisotopic (exact) mass is 268 g/mol. The summed E-state index contributed by atoms with van der Waals surface area (Å²) in [4.78, 5) is 11.9. The molecule has 1 aliphatic rings. The summed E-state index contributed by atoms with van der Waals surface area (Å²) in [5.41, 5.74) is 5.91. The summed E-state index contributed by atoms with van der Waals surface area (Å²) in [5.74, 6) is 1.51. The van der Waals surface area contributed by atoms with Crippen molar-refractivity contribution in [3.05, 3.63) is 0 Å². The molecule has 0 spiro atoms. The Morgan fingerprint density at radius 3 is 2.58 bits per heavy atom. The van der Waals surface area contributed by atoms with Gasteiger partial charge in [-0.3, -0.25) is 4.79 Å². The lowest BCUT2D eigenvalue weighted by Crippen LogP contribution is -2.29. The molecular formula is C16H32N2O. The van der Waals surface area contributed by atoms with Gasteiger partial charge in [-0.05, 0) is 49.5 Å². The van der Waals surface area contributed by atoms with Gasteiger partial charge in [0.2, 0.25) is 5.91 Å². The lowest BCUT2D eigenvalue weighted by atomic mass is 9.76. The van der Waals surface area contributed by atoms with E-state index in [1.165, 1.54) is 19.3 Å². The van der Waals surface area contributed by atoms with Crippen molar-refractivity contribution in [3.63, 3.8) is 0 Å². The highest BCUT2D eigenvalue weighted by Gasteiger charge is 2.37. The van der Waals surface area contributed by atoms with Gasteiger partial charge >= 0.3 is 0 Å². The second kappa shape index (κ2) is 7.28. The van der Waals surface area contributed by atoms with Crippen molar-refractivity contribution in [2.24, 2.45) is 23.0 Å². The minimum atomic E-state index is 0.231. The number of hydrogen-bond acceptors (Lipinski definition) is 2. The van der Waals surface area contributed by atoms with Crippen molar-refractivity contribution < 1.29 is 4.79 Å². The summed E-state index contributed by atoms with van der Waals surface area (Å²) in [5, 5.41) is 3.17. The van der Waals surface area contributed by atoms with Gasteiger partial charge < -0.3 is 11.1 Å². The second-order valence-corrected chi connectivity index (χ2v) is 7.14. The van der Waals surface area contributed by atoms with E-state index in [2.05, 4.69) is 33.0 Å². The molecule has 1 fully saturated rings. The molecule has 1 aliphatic carbocycles. The standard InChI is InChI=1S/C16H32N2O/c1-5-6-12-11-14(12)18-15(19)8-7-13(9-10-17)16(2,3)4/h12-14H,5-11,17H2,1-4H3,(H,18,19). The SMILES string of the molecule is CCCC1CC1NC(=O)CCC(CCN)C(C)(C)C. The Morgan fingerprint density at radius 1 is 1.37 bits per heavy atom. The lowest BCUT2D eigenvalue weighted by molar-refractivity contribution is -0.121. The number of hydrogen-bond donors (Lipinski definition) is 2. The Balaban J connectivity index is 2.25. The first-order valence-electron chi connectivity index (χ1n) is 7.87. The maximum absolute atomic E-state index is 11.9. The van der Waals surface area contributed by atoms with Crippen LogP contribution in [0, 0.1) is 17.3 Å². The third kappa shape index (κ3) is 5.94. The van der Waals surface area contributed by atoms with Gasteiger partial charge in [-0.2, -0.15) is 0 Å². The first kappa shape index (κ1) is 16.5. The van der Waals surface area contributed by atoms with E-state index < -0.39 is 0 Å². The van der Waals surface area contributed by atoms with E-state index in [-0.39, 0.29) is 11.3 Å². The molecule has 0 aliphatic heterocycles. The van der Waals surface area contributed by atoms with Gasteiger partial charge in [-0.1, -0.05) is 34.1 Å². The van der Waals surface area contributed by atoms with Gasteiger partial charge in [0.1, 0.15) is 0 Å². The Labute approximate surface area is 118 Å². The van der Waals surface area contributed by atoms with Crippen LogP contribution < -0.4 is 11.1 Å². The van der Waals surface area contributed by atoms with Crippen LogP contribution in [-0.2, 0) is 4.79 Å². The van der Waals surface area contributed by atoms with E-state index in [9.17, 15) is 4.79 Å². The van der Waals surface area contributed by atoms with E-state index in [0.717, 1.165) is 18.8 Å². The average Bonchev–Trinajstić information content (AvgIpc) is 3.01. The fraction of sp³-hybridized carbons (Fsp3) is 0.938. The van der Waals surface area contributed by atoms with Gasteiger partial charge in [-0.25, -0.2) is 0 Å². The molecule has 0 aromatic rings. The van der Waals surface area contributed by atoms with Crippen LogP contribution in [0.15, 0.2) is 0 Å². The first-order chi connectivity index (χ1) is 8.88. The summed E-state index contributed by atoms with van der Waals surface area (Å²) < 4.78 is 0. The van der Waals surface area contributed by atoms with Crippen LogP contribution in [0.5, 0.6) is 0 Å². The summed E-state index contributed by atoms with van der Waals surface area (Å²) >= 11 is 0. The summed E-state index contributed by atoms with van der Waals surface area (Å²) in [6.45, 7) is 9.64. The van der Waals surface area contributed by atoms with Crippen LogP contribution in [0.25, 0.3) is 0 Å². The molecule has 3 heteroatoms.